The van der Waals surface area contributed by atoms with Gasteiger partial charge in [-0.15, -0.1) is 11.8 Å². The van der Waals surface area contributed by atoms with Crippen molar-refractivity contribution in [1.29, 1.82) is 0 Å². The summed E-state index contributed by atoms with van der Waals surface area (Å²) < 4.78 is 5.29. The Labute approximate surface area is 159 Å². The van der Waals surface area contributed by atoms with E-state index in [0.29, 0.717) is 6.54 Å². The van der Waals surface area contributed by atoms with Gasteiger partial charge in [-0.25, -0.2) is 4.79 Å². The van der Waals surface area contributed by atoms with Crippen LogP contribution in [0.1, 0.15) is 0 Å². The topological polar surface area (TPSA) is 44.8 Å². The highest BCUT2D eigenvalue weighted by atomic mass is 32.2. The molecule has 0 aliphatic carbocycles. The number of benzene rings is 2. The average molecular weight is 372 g/mol. The Morgan fingerprint density at radius 3 is 2.58 bits per heavy atom. The van der Waals surface area contributed by atoms with Crippen LogP contribution in [0.2, 0.25) is 0 Å². The van der Waals surface area contributed by atoms with Gasteiger partial charge in [0.15, 0.2) is 0 Å². The summed E-state index contributed by atoms with van der Waals surface area (Å²) >= 11 is 1.76. The summed E-state index contributed by atoms with van der Waals surface area (Å²) in [6, 6.07) is 18.3. The van der Waals surface area contributed by atoms with Crippen LogP contribution in [0, 0.1) is 0 Å². The maximum absolute atomic E-state index is 12.3. The van der Waals surface area contributed by atoms with E-state index in [0.717, 1.165) is 43.4 Å². The molecule has 26 heavy (non-hydrogen) atoms. The lowest BCUT2D eigenvalue weighted by molar-refractivity contribution is 0.195. The number of hydrogen-bond acceptors (Lipinski definition) is 4. The third kappa shape index (κ3) is 5.08. The Kier molecular flexibility index (Phi) is 6.66. The Morgan fingerprint density at radius 2 is 1.85 bits per heavy atom. The Hall–Kier alpha value is -2.34. The summed E-state index contributed by atoms with van der Waals surface area (Å²) in [5, 5.41) is 3.02. The molecule has 3 rings (SSSR count). The summed E-state index contributed by atoms with van der Waals surface area (Å²) in [5.74, 6) is 1.73. The van der Waals surface area contributed by atoms with E-state index < -0.39 is 0 Å². The number of hydrogen-bond donors (Lipinski definition) is 1. The fourth-order valence-corrected chi connectivity index (χ4v) is 3.72. The number of piperazine rings is 1. The zero-order valence-electron chi connectivity index (χ0n) is 15.1. The van der Waals surface area contributed by atoms with E-state index in [2.05, 4.69) is 28.4 Å². The minimum Gasteiger partial charge on any atom is -0.497 e. The van der Waals surface area contributed by atoms with Gasteiger partial charge in [-0.2, -0.15) is 0 Å². The van der Waals surface area contributed by atoms with Crippen LogP contribution in [0.3, 0.4) is 0 Å². The predicted molar refractivity (Wildman–Crippen MR) is 107 cm³/mol. The molecule has 0 radical (unpaired) electrons. The van der Waals surface area contributed by atoms with Gasteiger partial charge in [-0.1, -0.05) is 24.3 Å². The molecule has 0 aromatic heterocycles. The summed E-state index contributed by atoms with van der Waals surface area (Å²) in [5.41, 5.74) is 1.14. The van der Waals surface area contributed by atoms with E-state index >= 15 is 0 Å². The van der Waals surface area contributed by atoms with Crippen LogP contribution >= 0.6 is 11.8 Å². The molecule has 5 nitrogen and oxygen atoms in total. The predicted octanol–water partition coefficient (Wildman–Crippen LogP) is 3.32. The number of anilines is 1. The number of thioether (sulfide) groups is 1. The first-order valence-corrected chi connectivity index (χ1v) is 9.84. The number of nitrogens with one attached hydrogen (secondary N) is 1. The Bertz CT molecular complexity index is 703. The molecule has 0 unspecified atom stereocenters. The molecule has 6 heteroatoms. The molecule has 0 saturated carbocycles. The molecule has 1 aliphatic rings. The Morgan fingerprint density at radius 1 is 1.08 bits per heavy atom. The van der Waals surface area contributed by atoms with E-state index in [9.17, 15) is 4.79 Å². The van der Waals surface area contributed by atoms with Crippen LogP contribution in [0.4, 0.5) is 10.5 Å². The summed E-state index contributed by atoms with van der Waals surface area (Å²) in [6.07, 6.45) is 0. The lowest BCUT2D eigenvalue weighted by Crippen LogP contribution is -2.52. The van der Waals surface area contributed by atoms with Crippen molar-refractivity contribution in [3.63, 3.8) is 0 Å². The second kappa shape index (κ2) is 9.38. The number of nitrogens with zero attached hydrogens (tertiary/aromatic N) is 2. The average Bonchev–Trinajstić information content (AvgIpc) is 2.72. The quantitative estimate of drug-likeness (QED) is 0.625. The van der Waals surface area contributed by atoms with Gasteiger partial charge in [0.2, 0.25) is 0 Å². The van der Waals surface area contributed by atoms with Gasteiger partial charge in [0.05, 0.1) is 7.11 Å². The van der Waals surface area contributed by atoms with E-state index in [4.69, 9.17) is 4.74 Å². The van der Waals surface area contributed by atoms with E-state index in [-0.39, 0.29) is 6.03 Å². The van der Waals surface area contributed by atoms with Crippen LogP contribution in [-0.4, -0.2) is 56.5 Å². The van der Waals surface area contributed by atoms with Crippen molar-refractivity contribution in [3.8, 4) is 5.75 Å². The molecule has 138 valence electrons. The first-order chi connectivity index (χ1) is 12.8. The van der Waals surface area contributed by atoms with Gasteiger partial charge in [0.25, 0.3) is 0 Å². The van der Waals surface area contributed by atoms with Crippen LogP contribution < -0.4 is 15.0 Å². The molecule has 1 saturated heterocycles. The van der Waals surface area contributed by atoms with Crippen molar-refractivity contribution in [2.75, 3.05) is 50.5 Å². The van der Waals surface area contributed by atoms with Crippen molar-refractivity contribution in [2.45, 2.75) is 4.90 Å². The van der Waals surface area contributed by atoms with Crippen molar-refractivity contribution >= 4 is 23.5 Å². The molecule has 2 aromatic carbocycles. The fraction of sp³-hybridized carbons (Fsp3) is 0.350. The minimum atomic E-state index is 0.0314. The SMILES string of the molecule is COc1cccc(N2CCN(C(=O)NCCSc3ccccc3)CC2)c1. The van der Waals surface area contributed by atoms with Gasteiger partial charge >= 0.3 is 6.03 Å². The van der Waals surface area contributed by atoms with Gasteiger partial charge in [-0.05, 0) is 24.3 Å². The molecule has 1 aliphatic heterocycles. The summed E-state index contributed by atoms with van der Waals surface area (Å²) in [6.45, 7) is 3.80. The molecule has 2 aromatic rings. The van der Waals surface area contributed by atoms with Crippen LogP contribution in [0.15, 0.2) is 59.5 Å². The van der Waals surface area contributed by atoms with Crippen molar-refractivity contribution in [2.24, 2.45) is 0 Å². The van der Waals surface area contributed by atoms with Crippen LogP contribution in [-0.2, 0) is 0 Å². The van der Waals surface area contributed by atoms with Crippen molar-refractivity contribution < 1.29 is 9.53 Å². The van der Waals surface area contributed by atoms with Gasteiger partial charge < -0.3 is 19.9 Å². The maximum atomic E-state index is 12.3. The number of methoxy groups -OCH3 is 1. The number of urea groups is 1. The first kappa shape index (κ1) is 18.5. The van der Waals surface area contributed by atoms with E-state index in [1.54, 1.807) is 18.9 Å². The number of carbonyl (C=O) groups is 1. The van der Waals surface area contributed by atoms with E-state index in [1.807, 2.05) is 41.3 Å². The van der Waals surface area contributed by atoms with E-state index in [1.165, 1.54) is 4.90 Å². The number of ether oxygens (including phenoxy) is 1. The lowest BCUT2D eigenvalue weighted by Gasteiger charge is -2.36. The normalized spacial score (nSPS) is 14.2. The zero-order valence-corrected chi connectivity index (χ0v) is 15.9. The largest absolute Gasteiger partial charge is 0.497 e. The third-order valence-corrected chi connectivity index (χ3v) is 5.39. The standard InChI is InChI=1S/C20H25N3O2S/c1-25-18-7-5-6-17(16-18)22-11-13-23(14-12-22)20(24)21-10-15-26-19-8-3-2-4-9-19/h2-9,16H,10-15H2,1H3,(H,21,24). The minimum absolute atomic E-state index is 0.0314. The maximum Gasteiger partial charge on any atom is 0.317 e. The Balaban J connectivity index is 1.39. The monoisotopic (exact) mass is 371 g/mol. The molecule has 1 fully saturated rings. The second-order valence-corrected chi connectivity index (χ2v) is 7.24. The fourth-order valence-electron chi connectivity index (χ4n) is 2.93. The molecular weight excluding hydrogens is 346 g/mol. The van der Waals surface area contributed by atoms with Gasteiger partial charge in [0, 0.05) is 55.1 Å². The molecule has 0 atom stereocenters. The molecule has 1 heterocycles. The highest BCUT2D eigenvalue weighted by Crippen LogP contribution is 2.22. The smallest absolute Gasteiger partial charge is 0.317 e. The first-order valence-electron chi connectivity index (χ1n) is 8.86. The summed E-state index contributed by atoms with van der Waals surface area (Å²) in [4.78, 5) is 17.7. The highest BCUT2D eigenvalue weighted by Gasteiger charge is 2.21. The molecule has 0 bridgehead atoms. The van der Waals surface area contributed by atoms with Gasteiger partial charge in [-0.3, -0.25) is 0 Å². The van der Waals surface area contributed by atoms with Crippen molar-refractivity contribution in [3.05, 3.63) is 54.6 Å². The number of amides is 2. The highest BCUT2D eigenvalue weighted by molar-refractivity contribution is 7.99. The van der Waals surface area contributed by atoms with Crippen molar-refractivity contribution in [1.82, 2.24) is 10.2 Å². The number of rotatable bonds is 6. The molecule has 1 N–H and O–H groups in total. The molecule has 0 spiro atoms. The molecular formula is C20H25N3O2S. The number of carbonyl (C=O) groups excluding carboxylic acids is 1. The molecule has 2 amide bonds. The van der Waals surface area contributed by atoms with Crippen LogP contribution in [0.5, 0.6) is 5.75 Å². The van der Waals surface area contributed by atoms with Gasteiger partial charge in [0.1, 0.15) is 5.75 Å². The van der Waals surface area contributed by atoms with Crippen LogP contribution in [0.25, 0.3) is 0 Å². The third-order valence-electron chi connectivity index (χ3n) is 4.38. The second-order valence-electron chi connectivity index (χ2n) is 6.07. The lowest BCUT2D eigenvalue weighted by atomic mass is 10.2. The summed E-state index contributed by atoms with van der Waals surface area (Å²) in [7, 11) is 1.68. The zero-order chi connectivity index (χ0) is 18.2.